The largest absolute Gasteiger partial charge is 0.300 e. The highest BCUT2D eigenvalue weighted by Crippen LogP contribution is 2.16. The summed E-state index contributed by atoms with van der Waals surface area (Å²) in [6.45, 7) is 0.549. The van der Waals surface area contributed by atoms with Crippen molar-refractivity contribution in [3.63, 3.8) is 0 Å². The summed E-state index contributed by atoms with van der Waals surface area (Å²) in [5.74, 6) is 0. The average molecular weight is 318 g/mol. The predicted molar refractivity (Wildman–Crippen MR) is 82.8 cm³/mol. The van der Waals surface area contributed by atoms with Crippen LogP contribution in [0.15, 0.2) is 47.2 Å². The Morgan fingerprint density at radius 1 is 1.29 bits per heavy atom. The van der Waals surface area contributed by atoms with Crippen LogP contribution in [-0.2, 0) is 23.8 Å². The molecule has 1 aromatic carbocycles. The fraction of sp³-hybridized carbons (Fsp3) is 0.214. The molecule has 2 aromatic heterocycles. The van der Waals surface area contributed by atoms with Crippen molar-refractivity contribution >= 4 is 22.1 Å². The van der Waals surface area contributed by atoms with Crippen LogP contribution in [-0.4, -0.2) is 30.2 Å². The van der Waals surface area contributed by atoms with E-state index in [2.05, 4.69) is 27.3 Å². The van der Waals surface area contributed by atoms with E-state index in [1.54, 1.807) is 28.5 Å². The van der Waals surface area contributed by atoms with Gasteiger partial charge in [0.25, 0.3) is 0 Å². The predicted octanol–water partition coefficient (Wildman–Crippen LogP) is 2.11. The van der Waals surface area contributed by atoms with E-state index >= 15 is 0 Å². The number of thiazole rings is 1. The van der Waals surface area contributed by atoms with Crippen molar-refractivity contribution in [2.45, 2.75) is 18.1 Å². The molecule has 0 fully saturated rings. The maximum Gasteiger partial charge on any atom is 0.221 e. The summed E-state index contributed by atoms with van der Waals surface area (Å²) in [4.78, 5) is 4.62. The minimum absolute atomic E-state index is 0.479. The van der Waals surface area contributed by atoms with Gasteiger partial charge in [0, 0.05) is 18.1 Å². The van der Waals surface area contributed by atoms with E-state index in [4.69, 9.17) is 0 Å². The Labute approximate surface area is 129 Å². The van der Waals surface area contributed by atoms with Gasteiger partial charge in [-0.3, -0.25) is 4.21 Å². The molecule has 5 nitrogen and oxygen atoms in total. The van der Waals surface area contributed by atoms with E-state index in [0.717, 1.165) is 17.1 Å². The topological polar surface area (TPSA) is 60.7 Å². The molecule has 0 N–H and O–H groups in total. The molecule has 0 bridgehead atoms. The lowest BCUT2D eigenvalue weighted by Gasteiger charge is -2.01. The van der Waals surface area contributed by atoms with E-state index in [-0.39, 0.29) is 0 Å². The molecule has 0 aliphatic rings. The molecule has 108 valence electrons. The minimum atomic E-state index is -1.14. The molecule has 1 atom stereocenters. The summed E-state index contributed by atoms with van der Waals surface area (Å²) < 4.78 is 13.3. The molecule has 0 aliphatic carbocycles. The number of rotatable bonds is 5. The van der Waals surface area contributed by atoms with Gasteiger partial charge in [-0.1, -0.05) is 30.3 Å². The quantitative estimate of drug-likeness (QED) is 0.723. The fourth-order valence-corrected chi connectivity index (χ4v) is 3.45. The second-order valence-corrected chi connectivity index (χ2v) is 6.81. The van der Waals surface area contributed by atoms with Crippen LogP contribution in [0.25, 0.3) is 0 Å². The van der Waals surface area contributed by atoms with Gasteiger partial charge >= 0.3 is 0 Å². The summed E-state index contributed by atoms with van der Waals surface area (Å²) in [7, 11) is -1.14. The molecule has 0 unspecified atom stereocenters. The second-order valence-electron chi connectivity index (χ2n) is 4.59. The Balaban J connectivity index is 1.73. The second kappa shape index (κ2) is 6.28. The van der Waals surface area contributed by atoms with Crippen LogP contribution in [0.3, 0.4) is 0 Å². The van der Waals surface area contributed by atoms with Crippen LogP contribution >= 0.6 is 11.3 Å². The van der Waals surface area contributed by atoms with Gasteiger partial charge in [0.2, 0.25) is 5.16 Å². The first-order chi connectivity index (χ1) is 10.2. The maximum atomic E-state index is 11.5. The molecule has 3 aromatic rings. The number of hydrogen-bond donors (Lipinski definition) is 0. The van der Waals surface area contributed by atoms with Crippen molar-refractivity contribution in [2.75, 3.05) is 6.26 Å². The van der Waals surface area contributed by atoms with Gasteiger partial charge in [0.05, 0.1) is 28.0 Å². The van der Waals surface area contributed by atoms with Gasteiger partial charge in [-0.05, 0) is 5.56 Å². The van der Waals surface area contributed by atoms with E-state index in [0.29, 0.717) is 11.7 Å². The zero-order valence-electron chi connectivity index (χ0n) is 11.5. The number of nitrogens with zero attached hydrogens (tertiary/aromatic N) is 4. The molecular formula is C14H14N4OS2. The van der Waals surface area contributed by atoms with Crippen LogP contribution in [0, 0.1) is 0 Å². The van der Waals surface area contributed by atoms with Crippen molar-refractivity contribution in [1.82, 2.24) is 19.7 Å². The molecule has 21 heavy (non-hydrogen) atoms. The third-order valence-corrected chi connectivity index (χ3v) is 4.69. The van der Waals surface area contributed by atoms with Crippen molar-refractivity contribution in [3.8, 4) is 0 Å². The van der Waals surface area contributed by atoms with E-state index in [9.17, 15) is 4.21 Å². The summed E-state index contributed by atoms with van der Waals surface area (Å²) >= 11 is 1.64. The highest BCUT2D eigenvalue weighted by Gasteiger charge is 2.10. The van der Waals surface area contributed by atoms with E-state index < -0.39 is 10.8 Å². The summed E-state index contributed by atoms with van der Waals surface area (Å²) in [6, 6.07) is 10.3. The molecule has 0 aliphatic heterocycles. The molecule has 0 spiro atoms. The van der Waals surface area contributed by atoms with Gasteiger partial charge in [-0.25, -0.2) is 4.98 Å². The third-order valence-electron chi connectivity index (χ3n) is 2.97. The van der Waals surface area contributed by atoms with Gasteiger partial charge in [-0.15, -0.1) is 21.5 Å². The summed E-state index contributed by atoms with van der Waals surface area (Å²) in [5, 5.41) is 11.3. The Morgan fingerprint density at radius 3 is 2.86 bits per heavy atom. The molecule has 0 saturated carbocycles. The highest BCUT2D eigenvalue weighted by atomic mass is 32.2. The lowest BCUT2D eigenvalue weighted by atomic mass is 10.2. The van der Waals surface area contributed by atoms with Crippen molar-refractivity contribution in [3.05, 3.63) is 58.3 Å². The third kappa shape index (κ3) is 3.43. The highest BCUT2D eigenvalue weighted by molar-refractivity contribution is 7.84. The lowest BCUT2D eigenvalue weighted by Crippen LogP contribution is -2.05. The minimum Gasteiger partial charge on any atom is -0.300 e. The maximum absolute atomic E-state index is 11.5. The van der Waals surface area contributed by atoms with Crippen LogP contribution in [0.1, 0.15) is 16.3 Å². The molecule has 7 heteroatoms. The smallest absolute Gasteiger partial charge is 0.221 e. The summed E-state index contributed by atoms with van der Waals surface area (Å²) in [6.07, 6.45) is 4.02. The number of hydrogen-bond acceptors (Lipinski definition) is 5. The Bertz CT molecular complexity index is 751. The van der Waals surface area contributed by atoms with Crippen molar-refractivity contribution in [2.24, 2.45) is 0 Å². The van der Waals surface area contributed by atoms with Gasteiger partial charge in [0.15, 0.2) is 0 Å². The Kier molecular flexibility index (Phi) is 4.21. The van der Waals surface area contributed by atoms with Crippen LogP contribution in [0.2, 0.25) is 0 Å². The van der Waals surface area contributed by atoms with E-state index in [1.807, 2.05) is 23.6 Å². The first-order valence-electron chi connectivity index (χ1n) is 6.41. The molecule has 2 heterocycles. The molecule has 0 amide bonds. The molecule has 0 radical (unpaired) electrons. The van der Waals surface area contributed by atoms with Crippen LogP contribution in [0.4, 0.5) is 0 Å². The SMILES string of the molecule is C[S@@](=O)c1nncn1Cc1csc(Cc2ccccc2)n1. The van der Waals surface area contributed by atoms with E-state index in [1.165, 1.54) is 5.56 Å². The van der Waals surface area contributed by atoms with Crippen molar-refractivity contribution in [1.29, 1.82) is 0 Å². The average Bonchev–Trinajstić information content (AvgIpc) is 3.10. The Morgan fingerprint density at radius 2 is 2.10 bits per heavy atom. The van der Waals surface area contributed by atoms with Crippen LogP contribution in [0.5, 0.6) is 0 Å². The molecule has 3 rings (SSSR count). The zero-order valence-corrected chi connectivity index (χ0v) is 13.1. The van der Waals surface area contributed by atoms with Gasteiger partial charge in [-0.2, -0.15) is 0 Å². The fourth-order valence-electron chi connectivity index (χ4n) is 2.02. The van der Waals surface area contributed by atoms with Gasteiger partial charge in [0.1, 0.15) is 6.33 Å². The number of aromatic nitrogens is 4. The molecule has 0 saturated heterocycles. The monoisotopic (exact) mass is 318 g/mol. The Hall–Kier alpha value is -1.86. The zero-order chi connectivity index (χ0) is 14.7. The standard InChI is InChI=1S/C14H14N4OS2/c1-21(19)14-17-15-10-18(14)8-12-9-20-13(16-12)7-11-5-3-2-4-6-11/h2-6,9-10H,7-8H2,1H3/t21-/m1/s1. The first kappa shape index (κ1) is 14.1. The van der Waals surface area contributed by atoms with Gasteiger partial charge < -0.3 is 4.57 Å². The van der Waals surface area contributed by atoms with Crippen molar-refractivity contribution < 1.29 is 4.21 Å². The molecular weight excluding hydrogens is 304 g/mol. The lowest BCUT2D eigenvalue weighted by molar-refractivity contribution is 0.649. The number of benzene rings is 1. The first-order valence-corrected chi connectivity index (χ1v) is 8.84. The normalized spacial score (nSPS) is 12.4. The summed E-state index contributed by atoms with van der Waals surface area (Å²) in [5.41, 5.74) is 2.19. The van der Waals surface area contributed by atoms with Crippen LogP contribution < -0.4 is 0 Å².